The molecule has 9 nitrogen and oxygen atoms in total. The van der Waals surface area contributed by atoms with Gasteiger partial charge in [0.15, 0.2) is 0 Å². The maximum Gasteiger partial charge on any atom is 0.333 e. The van der Waals surface area contributed by atoms with Crippen molar-refractivity contribution in [2.24, 2.45) is 0 Å². The highest BCUT2D eigenvalue weighted by Crippen LogP contribution is 2.28. The number of rotatable bonds is 6. The maximum absolute atomic E-state index is 13.9. The van der Waals surface area contributed by atoms with Gasteiger partial charge in [0, 0.05) is 48.4 Å². The minimum atomic E-state index is -0.389. The van der Waals surface area contributed by atoms with Crippen LogP contribution in [0.1, 0.15) is 46.0 Å². The van der Waals surface area contributed by atoms with Crippen molar-refractivity contribution in [2.75, 3.05) is 31.1 Å². The highest BCUT2D eigenvalue weighted by Gasteiger charge is 2.33. The SMILES string of the molecule is CC1(C)CN(c2ccc(-n3c(C(=O)NCc4ccccc4)c4n(c3=O)CCN(C(=O)c3ccc(Br)c(Cl)c3)C4)cc2)CCO1. The van der Waals surface area contributed by atoms with Gasteiger partial charge in [-0.3, -0.25) is 18.7 Å². The number of fused-ring (bicyclic) bond motifs is 1. The molecule has 1 N–H and O–H groups in total. The summed E-state index contributed by atoms with van der Waals surface area (Å²) in [4.78, 5) is 45.2. The molecule has 0 bridgehead atoms. The van der Waals surface area contributed by atoms with E-state index >= 15 is 0 Å². The molecule has 228 valence electrons. The van der Waals surface area contributed by atoms with E-state index < -0.39 is 0 Å². The van der Waals surface area contributed by atoms with E-state index in [0.29, 0.717) is 46.1 Å². The highest BCUT2D eigenvalue weighted by atomic mass is 79.9. The minimum absolute atomic E-state index is 0.101. The predicted octanol–water partition coefficient (Wildman–Crippen LogP) is 5.26. The number of ether oxygens (including phenoxy) is 1. The average molecular weight is 679 g/mol. The van der Waals surface area contributed by atoms with E-state index in [0.717, 1.165) is 24.3 Å². The van der Waals surface area contributed by atoms with Crippen LogP contribution in [0.15, 0.2) is 82.1 Å². The summed E-state index contributed by atoms with van der Waals surface area (Å²) in [5.74, 6) is -0.612. The Balaban J connectivity index is 1.35. The summed E-state index contributed by atoms with van der Waals surface area (Å²) in [6.07, 6.45) is 0. The number of anilines is 1. The summed E-state index contributed by atoms with van der Waals surface area (Å²) in [5, 5.41) is 3.42. The smallest absolute Gasteiger partial charge is 0.333 e. The standard InChI is InChI=1S/C33H33BrClN5O4/c1-33(2)21-38(16-17-44-33)24-9-11-25(12-10-24)40-29(30(41)36-19-22-6-4-3-5-7-22)28-20-37(14-15-39(28)32(40)43)31(42)23-8-13-26(34)27(35)18-23/h3-13,18H,14-17,19-21H2,1-2H3,(H,36,41). The second kappa shape index (κ2) is 12.3. The molecule has 0 radical (unpaired) electrons. The zero-order chi connectivity index (χ0) is 31.0. The maximum atomic E-state index is 13.9. The fourth-order valence-electron chi connectivity index (χ4n) is 5.83. The van der Waals surface area contributed by atoms with Gasteiger partial charge in [-0.1, -0.05) is 41.9 Å². The monoisotopic (exact) mass is 677 g/mol. The van der Waals surface area contributed by atoms with Crippen molar-refractivity contribution in [3.05, 3.63) is 115 Å². The Kier molecular flexibility index (Phi) is 8.41. The number of imidazole rings is 1. The van der Waals surface area contributed by atoms with E-state index in [1.165, 1.54) is 4.57 Å². The molecule has 1 fully saturated rings. The molecule has 0 atom stereocenters. The fourth-order valence-corrected chi connectivity index (χ4v) is 6.26. The van der Waals surface area contributed by atoms with E-state index in [-0.39, 0.29) is 41.9 Å². The van der Waals surface area contributed by atoms with Crippen molar-refractivity contribution in [3.63, 3.8) is 0 Å². The van der Waals surface area contributed by atoms with E-state index in [2.05, 4.69) is 40.0 Å². The first-order valence-corrected chi connectivity index (χ1v) is 15.7. The van der Waals surface area contributed by atoms with Crippen molar-refractivity contribution in [1.29, 1.82) is 0 Å². The quantitative estimate of drug-likeness (QED) is 0.301. The van der Waals surface area contributed by atoms with Crippen molar-refractivity contribution in [2.45, 2.75) is 39.1 Å². The number of nitrogens with one attached hydrogen (secondary N) is 1. The Bertz CT molecular complexity index is 1770. The zero-order valence-corrected chi connectivity index (χ0v) is 26.9. The number of benzene rings is 3. The van der Waals surface area contributed by atoms with Gasteiger partial charge in [-0.2, -0.15) is 0 Å². The molecule has 2 aliphatic rings. The molecule has 1 saturated heterocycles. The Morgan fingerprint density at radius 1 is 0.977 bits per heavy atom. The van der Waals surface area contributed by atoms with Gasteiger partial charge in [0.25, 0.3) is 11.8 Å². The minimum Gasteiger partial charge on any atom is -0.372 e. The van der Waals surface area contributed by atoms with Crippen LogP contribution < -0.4 is 15.9 Å². The summed E-state index contributed by atoms with van der Waals surface area (Å²) in [6, 6.07) is 22.3. The normalized spacial score (nSPS) is 16.0. The molecule has 44 heavy (non-hydrogen) atoms. The lowest BCUT2D eigenvalue weighted by molar-refractivity contribution is -0.0276. The van der Waals surface area contributed by atoms with Gasteiger partial charge in [0.05, 0.1) is 35.2 Å². The van der Waals surface area contributed by atoms with Gasteiger partial charge in [-0.05, 0) is 77.8 Å². The lowest BCUT2D eigenvalue weighted by atomic mass is 10.1. The van der Waals surface area contributed by atoms with Gasteiger partial charge in [0.1, 0.15) is 5.69 Å². The van der Waals surface area contributed by atoms with Crippen molar-refractivity contribution >= 4 is 45.0 Å². The third-order valence-corrected chi connectivity index (χ3v) is 9.28. The Hall–Kier alpha value is -3.86. The predicted molar refractivity (Wildman–Crippen MR) is 174 cm³/mol. The van der Waals surface area contributed by atoms with Gasteiger partial charge in [-0.15, -0.1) is 0 Å². The van der Waals surface area contributed by atoms with E-state index in [1.807, 2.05) is 54.6 Å². The molecule has 0 spiro atoms. The van der Waals surface area contributed by atoms with Gasteiger partial charge in [-0.25, -0.2) is 4.79 Å². The fraction of sp³-hybridized carbons (Fsp3) is 0.303. The number of carbonyl (C=O) groups excluding carboxylic acids is 2. The first kappa shape index (κ1) is 30.2. The molecule has 1 aromatic heterocycles. The molecular weight excluding hydrogens is 646 g/mol. The number of carbonyl (C=O) groups is 2. The van der Waals surface area contributed by atoms with Gasteiger partial charge >= 0.3 is 5.69 Å². The summed E-state index contributed by atoms with van der Waals surface area (Å²) >= 11 is 9.64. The Morgan fingerprint density at radius 2 is 1.70 bits per heavy atom. The molecule has 3 aromatic carbocycles. The first-order chi connectivity index (χ1) is 21.1. The lowest BCUT2D eigenvalue weighted by Gasteiger charge is -2.39. The number of nitrogens with zero attached hydrogens (tertiary/aromatic N) is 4. The molecule has 0 aliphatic carbocycles. The van der Waals surface area contributed by atoms with Crippen LogP contribution in [-0.2, 0) is 24.4 Å². The molecule has 3 heterocycles. The topological polar surface area (TPSA) is 88.8 Å². The zero-order valence-electron chi connectivity index (χ0n) is 24.6. The molecule has 11 heteroatoms. The largest absolute Gasteiger partial charge is 0.372 e. The molecule has 2 amide bonds. The molecule has 0 unspecified atom stereocenters. The molecular formula is C33H33BrClN5O4. The number of halogens is 2. The van der Waals surface area contributed by atoms with Crippen LogP contribution in [0.4, 0.5) is 5.69 Å². The Morgan fingerprint density at radius 3 is 2.41 bits per heavy atom. The third-order valence-electron chi connectivity index (χ3n) is 8.04. The molecule has 4 aromatic rings. The molecule has 6 rings (SSSR count). The second-order valence-corrected chi connectivity index (χ2v) is 12.9. The third kappa shape index (κ3) is 6.06. The van der Waals surface area contributed by atoms with Crippen LogP contribution in [0.5, 0.6) is 0 Å². The van der Waals surface area contributed by atoms with E-state index in [9.17, 15) is 14.4 Å². The summed E-state index contributed by atoms with van der Waals surface area (Å²) in [7, 11) is 0. The molecule has 2 aliphatic heterocycles. The lowest BCUT2D eigenvalue weighted by Crippen LogP contribution is -2.48. The van der Waals surface area contributed by atoms with Crippen LogP contribution in [0.25, 0.3) is 5.69 Å². The van der Waals surface area contributed by atoms with Crippen LogP contribution in [0.3, 0.4) is 0 Å². The van der Waals surface area contributed by atoms with Gasteiger partial charge < -0.3 is 19.9 Å². The van der Waals surface area contributed by atoms with Crippen molar-refractivity contribution < 1.29 is 14.3 Å². The highest BCUT2D eigenvalue weighted by molar-refractivity contribution is 9.10. The number of amides is 2. The Labute approximate surface area is 269 Å². The van der Waals surface area contributed by atoms with E-state index in [1.54, 1.807) is 27.7 Å². The summed E-state index contributed by atoms with van der Waals surface area (Å²) in [5.41, 5.74) is 3.10. The van der Waals surface area contributed by atoms with Crippen LogP contribution >= 0.6 is 27.5 Å². The van der Waals surface area contributed by atoms with Crippen LogP contribution in [-0.4, -0.2) is 57.7 Å². The number of hydrogen-bond donors (Lipinski definition) is 1. The second-order valence-electron chi connectivity index (χ2n) is 11.6. The number of hydrogen-bond acceptors (Lipinski definition) is 5. The van der Waals surface area contributed by atoms with Crippen LogP contribution in [0.2, 0.25) is 5.02 Å². The van der Waals surface area contributed by atoms with Crippen LogP contribution in [0, 0.1) is 0 Å². The summed E-state index contributed by atoms with van der Waals surface area (Å²) < 4.78 is 9.63. The van der Waals surface area contributed by atoms with E-state index in [4.69, 9.17) is 16.3 Å². The van der Waals surface area contributed by atoms with Gasteiger partial charge in [0.2, 0.25) is 0 Å². The number of morpholine rings is 1. The van der Waals surface area contributed by atoms with Crippen molar-refractivity contribution in [3.8, 4) is 5.69 Å². The summed E-state index contributed by atoms with van der Waals surface area (Å²) in [6.45, 7) is 7.26. The molecule has 0 saturated carbocycles. The average Bonchev–Trinajstić information content (AvgIpc) is 3.32. The number of aromatic nitrogens is 2. The first-order valence-electron chi connectivity index (χ1n) is 14.5. The van der Waals surface area contributed by atoms with Crippen molar-refractivity contribution in [1.82, 2.24) is 19.4 Å².